The maximum absolute atomic E-state index is 11.5. The highest BCUT2D eigenvalue weighted by Crippen LogP contribution is 2.08. The summed E-state index contributed by atoms with van der Waals surface area (Å²) in [7, 11) is 0. The Labute approximate surface area is 132 Å². The molecule has 0 saturated heterocycles. The fraction of sp³-hybridized carbons (Fsp3) is 0.529. The van der Waals surface area contributed by atoms with Gasteiger partial charge in [0.25, 0.3) is 0 Å². The molecule has 1 atom stereocenters. The number of amides is 2. The van der Waals surface area contributed by atoms with Crippen molar-refractivity contribution in [3.8, 4) is 0 Å². The molecule has 0 fully saturated rings. The van der Waals surface area contributed by atoms with Crippen LogP contribution in [0, 0.1) is 0 Å². The van der Waals surface area contributed by atoms with Crippen LogP contribution < -0.4 is 11.1 Å². The lowest BCUT2D eigenvalue weighted by atomic mass is 10.0. The third kappa shape index (κ3) is 7.67. The standard InChI is InChI=1S/C17H26N2O3/c1-2-3-13-22-17(21)19-15(16(18)20)12-8-7-11-14-9-5-4-6-10-14/h4-6,9-10,15H,2-3,7-8,11-13H2,1H3,(H2,18,20)(H,19,21). The van der Waals surface area contributed by atoms with E-state index in [2.05, 4.69) is 17.4 Å². The Morgan fingerprint density at radius 2 is 1.91 bits per heavy atom. The first kappa shape index (κ1) is 18.0. The fourth-order valence-corrected chi connectivity index (χ4v) is 2.10. The van der Waals surface area contributed by atoms with E-state index in [1.807, 2.05) is 25.1 Å². The molecule has 2 amide bonds. The second-order valence-electron chi connectivity index (χ2n) is 5.32. The Hall–Kier alpha value is -2.04. The number of alkyl carbamates (subject to hydrolysis) is 1. The number of nitrogens with one attached hydrogen (secondary N) is 1. The van der Waals surface area contributed by atoms with Crippen LogP contribution in [0.5, 0.6) is 0 Å². The SMILES string of the molecule is CCCCOC(=O)NC(CCCCc1ccccc1)C(N)=O. The van der Waals surface area contributed by atoms with Crippen LogP contribution in [0.4, 0.5) is 4.79 Å². The van der Waals surface area contributed by atoms with Crippen molar-refractivity contribution in [2.45, 2.75) is 51.5 Å². The van der Waals surface area contributed by atoms with E-state index in [4.69, 9.17) is 10.5 Å². The Balaban J connectivity index is 2.26. The van der Waals surface area contributed by atoms with Gasteiger partial charge in [0.2, 0.25) is 5.91 Å². The number of carbonyl (C=O) groups is 2. The van der Waals surface area contributed by atoms with Crippen molar-refractivity contribution in [2.75, 3.05) is 6.61 Å². The third-order valence-corrected chi connectivity index (χ3v) is 3.42. The van der Waals surface area contributed by atoms with E-state index in [9.17, 15) is 9.59 Å². The summed E-state index contributed by atoms with van der Waals surface area (Å²) in [5.41, 5.74) is 6.59. The van der Waals surface area contributed by atoms with Gasteiger partial charge in [0.15, 0.2) is 0 Å². The number of primary amides is 1. The highest BCUT2D eigenvalue weighted by molar-refractivity contribution is 5.84. The van der Waals surface area contributed by atoms with Gasteiger partial charge >= 0.3 is 6.09 Å². The van der Waals surface area contributed by atoms with Crippen molar-refractivity contribution in [1.82, 2.24) is 5.32 Å². The van der Waals surface area contributed by atoms with Gasteiger partial charge in [0, 0.05) is 0 Å². The Bertz CT molecular complexity index is 448. The van der Waals surface area contributed by atoms with E-state index in [0.717, 1.165) is 32.1 Å². The van der Waals surface area contributed by atoms with Crippen LogP contribution in [0.15, 0.2) is 30.3 Å². The molecule has 1 aromatic carbocycles. The first-order valence-electron chi connectivity index (χ1n) is 7.90. The average molecular weight is 306 g/mol. The van der Waals surface area contributed by atoms with Crippen molar-refractivity contribution in [1.29, 1.82) is 0 Å². The van der Waals surface area contributed by atoms with Crippen molar-refractivity contribution in [3.05, 3.63) is 35.9 Å². The van der Waals surface area contributed by atoms with Crippen LogP contribution in [0.1, 0.15) is 44.6 Å². The smallest absolute Gasteiger partial charge is 0.407 e. The quantitative estimate of drug-likeness (QED) is 0.652. The molecule has 122 valence electrons. The minimum atomic E-state index is -0.662. The molecular formula is C17H26N2O3. The summed E-state index contributed by atoms with van der Waals surface area (Å²) in [6.45, 7) is 2.38. The lowest BCUT2D eigenvalue weighted by Crippen LogP contribution is -2.44. The second-order valence-corrected chi connectivity index (χ2v) is 5.32. The molecule has 0 aliphatic carbocycles. The van der Waals surface area contributed by atoms with Crippen LogP contribution in [0.25, 0.3) is 0 Å². The van der Waals surface area contributed by atoms with Crippen LogP contribution >= 0.6 is 0 Å². The normalized spacial score (nSPS) is 11.7. The molecule has 0 saturated carbocycles. The first-order valence-corrected chi connectivity index (χ1v) is 7.90. The summed E-state index contributed by atoms with van der Waals surface area (Å²) in [6, 6.07) is 9.50. The Kier molecular flexibility index (Phi) is 8.72. The Morgan fingerprint density at radius 1 is 1.18 bits per heavy atom. The molecule has 0 aromatic heterocycles. The molecule has 22 heavy (non-hydrogen) atoms. The van der Waals surface area contributed by atoms with Gasteiger partial charge in [-0.15, -0.1) is 0 Å². The molecule has 1 aromatic rings. The number of rotatable bonds is 10. The van der Waals surface area contributed by atoms with E-state index in [-0.39, 0.29) is 0 Å². The van der Waals surface area contributed by atoms with Crippen LogP contribution in [-0.4, -0.2) is 24.6 Å². The van der Waals surface area contributed by atoms with E-state index in [0.29, 0.717) is 13.0 Å². The molecular weight excluding hydrogens is 280 g/mol. The molecule has 3 N–H and O–H groups in total. The number of carbonyl (C=O) groups excluding carboxylic acids is 2. The molecule has 0 aliphatic heterocycles. The topological polar surface area (TPSA) is 81.4 Å². The molecule has 0 aliphatic rings. The van der Waals surface area contributed by atoms with Gasteiger partial charge in [-0.25, -0.2) is 4.79 Å². The van der Waals surface area contributed by atoms with Crippen LogP contribution in [0.2, 0.25) is 0 Å². The number of aryl methyl sites for hydroxylation is 1. The van der Waals surface area contributed by atoms with Gasteiger partial charge in [-0.2, -0.15) is 0 Å². The minimum Gasteiger partial charge on any atom is -0.450 e. The van der Waals surface area contributed by atoms with Gasteiger partial charge < -0.3 is 15.8 Å². The van der Waals surface area contributed by atoms with E-state index in [1.54, 1.807) is 0 Å². The molecule has 0 radical (unpaired) electrons. The van der Waals surface area contributed by atoms with Gasteiger partial charge in [-0.1, -0.05) is 50.1 Å². The molecule has 1 rings (SSSR count). The number of hydrogen-bond donors (Lipinski definition) is 2. The van der Waals surface area contributed by atoms with Crippen molar-refractivity contribution >= 4 is 12.0 Å². The minimum absolute atomic E-state index is 0.363. The van der Waals surface area contributed by atoms with Crippen molar-refractivity contribution < 1.29 is 14.3 Å². The second kappa shape index (κ2) is 10.7. The zero-order chi connectivity index (χ0) is 16.2. The maximum atomic E-state index is 11.5. The zero-order valence-electron chi connectivity index (χ0n) is 13.2. The number of nitrogens with two attached hydrogens (primary N) is 1. The van der Waals surface area contributed by atoms with Gasteiger partial charge in [0.1, 0.15) is 6.04 Å². The summed E-state index contributed by atoms with van der Waals surface area (Å²) in [5, 5.41) is 2.54. The summed E-state index contributed by atoms with van der Waals surface area (Å²) in [4.78, 5) is 22.9. The summed E-state index contributed by atoms with van der Waals surface area (Å²) in [5.74, 6) is -0.521. The number of hydrogen-bond acceptors (Lipinski definition) is 3. The highest BCUT2D eigenvalue weighted by Gasteiger charge is 2.18. The van der Waals surface area contributed by atoms with Crippen LogP contribution in [0.3, 0.4) is 0 Å². The Morgan fingerprint density at radius 3 is 2.55 bits per heavy atom. The third-order valence-electron chi connectivity index (χ3n) is 3.42. The predicted octanol–water partition coefficient (Wildman–Crippen LogP) is 2.78. The zero-order valence-corrected chi connectivity index (χ0v) is 13.2. The van der Waals surface area contributed by atoms with Gasteiger partial charge in [0.05, 0.1) is 6.61 Å². The predicted molar refractivity (Wildman–Crippen MR) is 86.4 cm³/mol. The molecule has 1 unspecified atom stereocenters. The highest BCUT2D eigenvalue weighted by atomic mass is 16.5. The summed E-state index contributed by atoms with van der Waals surface area (Å²) in [6.07, 6.45) is 4.44. The van der Waals surface area contributed by atoms with E-state index >= 15 is 0 Å². The van der Waals surface area contributed by atoms with Gasteiger partial charge in [-0.3, -0.25) is 4.79 Å². The monoisotopic (exact) mass is 306 g/mol. The molecule has 0 spiro atoms. The first-order chi connectivity index (χ1) is 10.6. The lowest BCUT2D eigenvalue weighted by Gasteiger charge is -2.15. The van der Waals surface area contributed by atoms with Crippen molar-refractivity contribution in [2.24, 2.45) is 5.73 Å². The molecule has 5 nitrogen and oxygen atoms in total. The summed E-state index contributed by atoms with van der Waals surface area (Å²) < 4.78 is 4.98. The largest absolute Gasteiger partial charge is 0.450 e. The fourth-order valence-electron chi connectivity index (χ4n) is 2.10. The maximum Gasteiger partial charge on any atom is 0.407 e. The molecule has 0 heterocycles. The van der Waals surface area contributed by atoms with Gasteiger partial charge in [-0.05, 0) is 31.2 Å². The molecule has 0 bridgehead atoms. The van der Waals surface area contributed by atoms with Crippen molar-refractivity contribution in [3.63, 3.8) is 0 Å². The lowest BCUT2D eigenvalue weighted by molar-refractivity contribution is -0.120. The number of ether oxygens (including phenoxy) is 1. The number of benzene rings is 1. The van der Waals surface area contributed by atoms with E-state index < -0.39 is 18.0 Å². The number of unbranched alkanes of at least 4 members (excludes halogenated alkanes) is 2. The van der Waals surface area contributed by atoms with E-state index in [1.165, 1.54) is 5.56 Å². The molecule has 5 heteroatoms. The summed E-state index contributed by atoms with van der Waals surface area (Å²) >= 11 is 0. The van der Waals surface area contributed by atoms with Crippen LogP contribution in [-0.2, 0) is 16.0 Å². The average Bonchev–Trinajstić information content (AvgIpc) is 2.51.